The molecule has 7 heteroatoms. The molecular formula is C20H35IN4O2. The van der Waals surface area contributed by atoms with E-state index >= 15 is 0 Å². The number of likely N-dealkylation sites (tertiary alicyclic amines) is 1. The number of hydrogen-bond donors (Lipinski definition) is 2. The van der Waals surface area contributed by atoms with E-state index in [0.29, 0.717) is 6.54 Å². The number of nitrogens with one attached hydrogen (secondary N) is 2. The van der Waals surface area contributed by atoms with Crippen LogP contribution in [0, 0.1) is 5.92 Å². The van der Waals surface area contributed by atoms with Crippen molar-refractivity contribution in [2.24, 2.45) is 10.9 Å². The van der Waals surface area contributed by atoms with Crippen LogP contribution in [0.4, 0.5) is 0 Å². The lowest BCUT2D eigenvalue weighted by molar-refractivity contribution is 0.191. The van der Waals surface area contributed by atoms with Crippen LogP contribution in [0.1, 0.15) is 31.7 Å². The van der Waals surface area contributed by atoms with Gasteiger partial charge in [-0.25, -0.2) is 0 Å². The van der Waals surface area contributed by atoms with Crippen LogP contribution in [-0.4, -0.2) is 58.3 Å². The normalized spacial score (nSPS) is 15.8. The Balaban J connectivity index is 0.00000364. The highest BCUT2D eigenvalue weighted by molar-refractivity contribution is 14.0. The Morgan fingerprint density at radius 2 is 1.93 bits per heavy atom. The largest absolute Gasteiger partial charge is 0.497 e. The van der Waals surface area contributed by atoms with Crippen molar-refractivity contribution in [3.8, 4) is 11.5 Å². The van der Waals surface area contributed by atoms with Crippen molar-refractivity contribution in [1.82, 2.24) is 15.5 Å². The number of nitrogens with zero attached hydrogens (tertiary/aromatic N) is 2. The van der Waals surface area contributed by atoms with Gasteiger partial charge in [0.05, 0.1) is 14.2 Å². The summed E-state index contributed by atoms with van der Waals surface area (Å²) in [5, 5.41) is 6.74. The van der Waals surface area contributed by atoms with Gasteiger partial charge in [-0.05, 0) is 56.9 Å². The van der Waals surface area contributed by atoms with Crippen molar-refractivity contribution in [3.63, 3.8) is 0 Å². The smallest absolute Gasteiger partial charge is 0.191 e. The molecule has 2 N–H and O–H groups in total. The van der Waals surface area contributed by atoms with E-state index in [1.54, 1.807) is 21.3 Å². The Bertz CT molecular complexity index is 575. The summed E-state index contributed by atoms with van der Waals surface area (Å²) in [5.41, 5.74) is 1.07. The lowest BCUT2D eigenvalue weighted by Crippen LogP contribution is -2.39. The molecule has 0 bridgehead atoms. The van der Waals surface area contributed by atoms with Gasteiger partial charge in [0, 0.05) is 31.8 Å². The number of ether oxygens (including phenoxy) is 2. The van der Waals surface area contributed by atoms with Gasteiger partial charge in [0.1, 0.15) is 11.5 Å². The van der Waals surface area contributed by atoms with Gasteiger partial charge in [-0.3, -0.25) is 4.99 Å². The molecule has 1 aromatic carbocycles. The number of guanidine groups is 1. The summed E-state index contributed by atoms with van der Waals surface area (Å²) in [6.45, 7) is 7.56. The minimum absolute atomic E-state index is 0. The third-order valence-electron chi connectivity index (χ3n) is 4.98. The average molecular weight is 490 g/mol. The van der Waals surface area contributed by atoms with Gasteiger partial charge in [0.25, 0.3) is 0 Å². The quantitative estimate of drug-likeness (QED) is 0.254. The van der Waals surface area contributed by atoms with E-state index in [4.69, 9.17) is 9.47 Å². The molecule has 154 valence electrons. The number of piperidine rings is 1. The van der Waals surface area contributed by atoms with Crippen molar-refractivity contribution >= 4 is 29.9 Å². The second-order valence-electron chi connectivity index (χ2n) is 6.91. The van der Waals surface area contributed by atoms with Gasteiger partial charge in [0.2, 0.25) is 0 Å². The Kier molecular flexibility index (Phi) is 11.5. The minimum Gasteiger partial charge on any atom is -0.497 e. The summed E-state index contributed by atoms with van der Waals surface area (Å²) in [6, 6.07) is 5.84. The first-order valence-electron chi connectivity index (χ1n) is 9.54. The number of aliphatic imine (C=N–C) groups is 1. The second kappa shape index (κ2) is 13.0. The lowest BCUT2D eigenvalue weighted by atomic mass is 9.99. The Hall–Kier alpha value is -1.22. The Morgan fingerprint density at radius 1 is 1.19 bits per heavy atom. The van der Waals surface area contributed by atoms with E-state index in [2.05, 4.69) is 27.4 Å². The van der Waals surface area contributed by atoms with E-state index in [1.165, 1.54) is 25.9 Å². The summed E-state index contributed by atoms with van der Waals surface area (Å²) in [4.78, 5) is 6.87. The molecular weight excluding hydrogens is 455 g/mol. The zero-order chi connectivity index (χ0) is 18.8. The standard InChI is InChI=1S/C20H34N4O2.HI/c1-16-8-12-24(13-9-16)11-5-10-22-20(21-2)23-15-17-6-7-18(25-3)14-19(17)26-4;/h6-7,14,16H,5,8-13,15H2,1-4H3,(H2,21,22,23);1H. The monoisotopic (exact) mass is 490 g/mol. The number of rotatable bonds is 8. The van der Waals surface area contributed by atoms with Crippen LogP contribution >= 0.6 is 24.0 Å². The molecule has 1 aromatic rings. The SMILES string of the molecule is CN=C(NCCCN1CCC(C)CC1)NCc1ccc(OC)cc1OC.I. The molecule has 0 spiro atoms. The molecule has 0 radical (unpaired) electrons. The molecule has 0 saturated carbocycles. The first-order chi connectivity index (χ1) is 12.7. The highest BCUT2D eigenvalue weighted by atomic mass is 127. The first-order valence-corrected chi connectivity index (χ1v) is 9.54. The van der Waals surface area contributed by atoms with Crippen molar-refractivity contribution in [1.29, 1.82) is 0 Å². The van der Waals surface area contributed by atoms with E-state index in [1.807, 2.05) is 18.2 Å². The molecule has 1 fully saturated rings. The highest BCUT2D eigenvalue weighted by Crippen LogP contribution is 2.24. The molecule has 1 aliphatic rings. The molecule has 1 saturated heterocycles. The maximum absolute atomic E-state index is 5.44. The zero-order valence-corrected chi connectivity index (χ0v) is 19.4. The molecule has 1 heterocycles. The molecule has 1 aliphatic heterocycles. The Labute approximate surface area is 181 Å². The van der Waals surface area contributed by atoms with E-state index < -0.39 is 0 Å². The summed E-state index contributed by atoms with van der Waals surface area (Å²) in [6.07, 6.45) is 3.79. The average Bonchev–Trinajstić information content (AvgIpc) is 2.68. The van der Waals surface area contributed by atoms with Gasteiger partial charge in [-0.2, -0.15) is 0 Å². The van der Waals surface area contributed by atoms with Crippen molar-refractivity contribution in [2.75, 3.05) is 47.4 Å². The fraction of sp³-hybridized carbons (Fsp3) is 0.650. The van der Waals surface area contributed by atoms with Gasteiger partial charge < -0.3 is 25.0 Å². The summed E-state index contributed by atoms with van der Waals surface area (Å²) >= 11 is 0. The zero-order valence-electron chi connectivity index (χ0n) is 17.1. The molecule has 0 atom stereocenters. The number of methoxy groups -OCH3 is 2. The fourth-order valence-corrected chi connectivity index (χ4v) is 3.19. The predicted octanol–water partition coefficient (Wildman–Crippen LogP) is 3.11. The van der Waals surface area contributed by atoms with Crippen molar-refractivity contribution in [3.05, 3.63) is 23.8 Å². The highest BCUT2D eigenvalue weighted by Gasteiger charge is 2.14. The van der Waals surface area contributed by atoms with Crippen LogP contribution in [0.3, 0.4) is 0 Å². The number of halogens is 1. The van der Waals surface area contributed by atoms with Crippen LogP contribution in [0.2, 0.25) is 0 Å². The van der Waals surface area contributed by atoms with E-state index in [-0.39, 0.29) is 24.0 Å². The molecule has 27 heavy (non-hydrogen) atoms. The molecule has 0 amide bonds. The summed E-state index contributed by atoms with van der Waals surface area (Å²) in [7, 11) is 5.13. The van der Waals surface area contributed by atoms with Gasteiger partial charge in [-0.1, -0.05) is 6.92 Å². The van der Waals surface area contributed by atoms with Crippen LogP contribution in [0.25, 0.3) is 0 Å². The van der Waals surface area contributed by atoms with Crippen LogP contribution < -0.4 is 20.1 Å². The molecule has 0 aliphatic carbocycles. The summed E-state index contributed by atoms with van der Waals surface area (Å²) < 4.78 is 10.7. The lowest BCUT2D eigenvalue weighted by Gasteiger charge is -2.30. The first kappa shape index (κ1) is 23.8. The Morgan fingerprint density at radius 3 is 2.56 bits per heavy atom. The van der Waals surface area contributed by atoms with Crippen molar-refractivity contribution in [2.45, 2.75) is 32.7 Å². The van der Waals surface area contributed by atoms with Crippen LogP contribution in [0.5, 0.6) is 11.5 Å². The van der Waals surface area contributed by atoms with Crippen LogP contribution in [-0.2, 0) is 6.54 Å². The maximum atomic E-state index is 5.44. The molecule has 6 nitrogen and oxygen atoms in total. The van der Waals surface area contributed by atoms with Gasteiger partial charge >= 0.3 is 0 Å². The molecule has 2 rings (SSSR count). The molecule has 0 unspecified atom stereocenters. The topological polar surface area (TPSA) is 58.1 Å². The maximum Gasteiger partial charge on any atom is 0.191 e. The van der Waals surface area contributed by atoms with Crippen molar-refractivity contribution < 1.29 is 9.47 Å². The second-order valence-corrected chi connectivity index (χ2v) is 6.91. The number of benzene rings is 1. The van der Waals surface area contributed by atoms with E-state index in [9.17, 15) is 0 Å². The predicted molar refractivity (Wildman–Crippen MR) is 123 cm³/mol. The third kappa shape index (κ3) is 8.13. The van der Waals surface area contributed by atoms with E-state index in [0.717, 1.165) is 48.5 Å². The fourth-order valence-electron chi connectivity index (χ4n) is 3.19. The van der Waals surface area contributed by atoms with Crippen LogP contribution in [0.15, 0.2) is 23.2 Å². The number of hydrogen-bond acceptors (Lipinski definition) is 4. The minimum atomic E-state index is 0. The summed E-state index contributed by atoms with van der Waals surface area (Å²) in [5.74, 6) is 3.31. The third-order valence-corrected chi connectivity index (χ3v) is 4.98. The van der Waals surface area contributed by atoms with Gasteiger partial charge in [-0.15, -0.1) is 24.0 Å². The molecule has 0 aromatic heterocycles. The van der Waals surface area contributed by atoms with Gasteiger partial charge in [0.15, 0.2) is 5.96 Å².